The third-order valence-electron chi connectivity index (χ3n) is 4.73. The highest BCUT2D eigenvalue weighted by molar-refractivity contribution is 5.56. The van der Waals surface area contributed by atoms with Crippen LogP contribution in [0, 0.1) is 17.0 Å². The molecule has 1 unspecified atom stereocenters. The van der Waals surface area contributed by atoms with Crippen molar-refractivity contribution in [3.63, 3.8) is 0 Å². The third kappa shape index (κ3) is 4.15. The van der Waals surface area contributed by atoms with Gasteiger partial charge in [-0.2, -0.15) is 0 Å². The van der Waals surface area contributed by atoms with Gasteiger partial charge in [-0.25, -0.2) is 0 Å². The molecular weight excluding hydrogens is 332 g/mol. The maximum atomic E-state index is 11.8. The SMILES string of the molecule is Cc1ccc(C[C@@H]([C@H]2NC[C@H](C=O)OC2c2ccccc2)[N+](=O)[O-])cc1. The van der Waals surface area contributed by atoms with Crippen LogP contribution in [0.2, 0.25) is 0 Å². The van der Waals surface area contributed by atoms with Crippen molar-refractivity contribution in [3.05, 3.63) is 81.4 Å². The first-order chi connectivity index (χ1) is 12.6. The molecule has 1 fully saturated rings. The number of nitrogens with one attached hydrogen (secondary N) is 1. The molecule has 4 atom stereocenters. The van der Waals surface area contributed by atoms with Crippen LogP contribution >= 0.6 is 0 Å². The minimum absolute atomic E-state index is 0.252. The number of ether oxygens (including phenoxy) is 1. The smallest absolute Gasteiger partial charge is 0.235 e. The Morgan fingerprint density at radius 3 is 2.54 bits per heavy atom. The molecule has 26 heavy (non-hydrogen) atoms. The molecular formula is C20H22N2O4. The summed E-state index contributed by atoms with van der Waals surface area (Å²) in [5, 5.41) is 15.0. The second-order valence-electron chi connectivity index (χ2n) is 6.62. The number of aryl methyl sites for hydroxylation is 1. The third-order valence-corrected chi connectivity index (χ3v) is 4.73. The Morgan fingerprint density at radius 2 is 1.92 bits per heavy atom. The van der Waals surface area contributed by atoms with E-state index in [1.54, 1.807) is 0 Å². The predicted molar refractivity (Wildman–Crippen MR) is 97.6 cm³/mol. The van der Waals surface area contributed by atoms with Gasteiger partial charge in [0.05, 0.1) is 0 Å². The van der Waals surface area contributed by atoms with Gasteiger partial charge >= 0.3 is 0 Å². The summed E-state index contributed by atoms with van der Waals surface area (Å²) in [6.07, 6.45) is -0.131. The fourth-order valence-electron chi connectivity index (χ4n) is 3.33. The normalized spacial score (nSPS) is 24.0. The van der Waals surface area contributed by atoms with E-state index in [-0.39, 0.29) is 11.5 Å². The van der Waals surface area contributed by atoms with E-state index in [2.05, 4.69) is 5.32 Å². The van der Waals surface area contributed by atoms with Crippen molar-refractivity contribution in [1.29, 1.82) is 0 Å². The Balaban J connectivity index is 1.88. The number of hydrogen-bond donors (Lipinski definition) is 1. The monoisotopic (exact) mass is 354 g/mol. The molecule has 0 radical (unpaired) electrons. The van der Waals surface area contributed by atoms with E-state index in [0.717, 1.165) is 23.0 Å². The Morgan fingerprint density at radius 1 is 1.23 bits per heavy atom. The van der Waals surface area contributed by atoms with Gasteiger partial charge in [-0.15, -0.1) is 0 Å². The minimum Gasteiger partial charge on any atom is -0.360 e. The molecule has 1 aliphatic rings. The molecule has 1 aliphatic heterocycles. The van der Waals surface area contributed by atoms with E-state index < -0.39 is 24.3 Å². The van der Waals surface area contributed by atoms with E-state index in [9.17, 15) is 14.9 Å². The summed E-state index contributed by atoms with van der Waals surface area (Å²) in [5.41, 5.74) is 2.84. The summed E-state index contributed by atoms with van der Waals surface area (Å²) in [7, 11) is 0. The maximum Gasteiger partial charge on any atom is 0.235 e. The number of carbonyl (C=O) groups excluding carboxylic acids is 1. The first-order valence-electron chi connectivity index (χ1n) is 8.66. The van der Waals surface area contributed by atoms with Crippen LogP contribution in [0.3, 0.4) is 0 Å². The molecule has 136 valence electrons. The van der Waals surface area contributed by atoms with Crippen molar-refractivity contribution < 1.29 is 14.5 Å². The van der Waals surface area contributed by atoms with Crippen LogP contribution in [-0.2, 0) is 16.0 Å². The number of nitro groups is 1. The van der Waals surface area contributed by atoms with Gasteiger partial charge < -0.3 is 14.8 Å². The number of carbonyl (C=O) groups is 1. The van der Waals surface area contributed by atoms with Crippen molar-refractivity contribution in [2.45, 2.75) is 37.6 Å². The first kappa shape index (κ1) is 18.2. The van der Waals surface area contributed by atoms with Gasteiger partial charge in [-0.1, -0.05) is 60.2 Å². The Hall–Kier alpha value is -2.57. The highest BCUT2D eigenvalue weighted by Gasteiger charge is 2.42. The standard InChI is InChI=1S/C20H22N2O4/c1-14-7-9-15(10-8-14)11-18(22(24)25)19-20(16-5-3-2-4-6-16)26-17(13-23)12-21-19/h2-10,13,17-21H,11-12H2,1H3/t17-,18+,19-,20?/m1/s1. The number of morpholine rings is 1. The fourth-order valence-corrected chi connectivity index (χ4v) is 3.33. The summed E-state index contributed by atoms with van der Waals surface area (Å²) >= 11 is 0. The lowest BCUT2D eigenvalue weighted by molar-refractivity contribution is -0.530. The Bertz CT molecular complexity index is 748. The van der Waals surface area contributed by atoms with E-state index in [0.29, 0.717) is 6.42 Å². The molecule has 0 saturated carbocycles. The van der Waals surface area contributed by atoms with Gasteiger partial charge in [-0.3, -0.25) is 10.1 Å². The predicted octanol–water partition coefficient (Wildman–Crippen LogP) is 2.48. The highest BCUT2D eigenvalue weighted by Crippen LogP contribution is 2.29. The van der Waals surface area contributed by atoms with Gasteiger partial charge in [0.1, 0.15) is 24.5 Å². The van der Waals surface area contributed by atoms with Crippen LogP contribution in [0.25, 0.3) is 0 Å². The van der Waals surface area contributed by atoms with E-state index in [4.69, 9.17) is 4.74 Å². The number of benzene rings is 2. The summed E-state index contributed by atoms with van der Waals surface area (Å²) in [5.74, 6) is 0. The topological polar surface area (TPSA) is 81.5 Å². The average molecular weight is 354 g/mol. The molecule has 0 amide bonds. The summed E-state index contributed by atoms with van der Waals surface area (Å²) in [4.78, 5) is 22.8. The molecule has 1 saturated heterocycles. The van der Waals surface area contributed by atoms with Gasteiger partial charge in [0.25, 0.3) is 0 Å². The van der Waals surface area contributed by atoms with Crippen LogP contribution in [0.5, 0.6) is 0 Å². The zero-order chi connectivity index (χ0) is 18.5. The molecule has 2 aromatic rings. The summed E-state index contributed by atoms with van der Waals surface area (Å²) in [6, 6.07) is 15.7. The second kappa shape index (κ2) is 8.21. The molecule has 1 heterocycles. The summed E-state index contributed by atoms with van der Waals surface area (Å²) < 4.78 is 5.89. The average Bonchev–Trinajstić information content (AvgIpc) is 2.67. The van der Waals surface area contributed by atoms with Crippen LogP contribution < -0.4 is 5.32 Å². The molecule has 6 heteroatoms. The molecule has 0 aromatic heterocycles. The lowest BCUT2D eigenvalue weighted by Crippen LogP contribution is -2.56. The molecule has 3 rings (SSSR count). The lowest BCUT2D eigenvalue weighted by atomic mass is 9.90. The van der Waals surface area contributed by atoms with E-state index in [1.165, 1.54) is 0 Å². The van der Waals surface area contributed by atoms with Crippen LogP contribution in [-0.4, -0.2) is 35.9 Å². The van der Waals surface area contributed by atoms with Crippen LogP contribution in [0.15, 0.2) is 54.6 Å². The number of nitrogens with zero attached hydrogens (tertiary/aromatic N) is 1. The first-order valence-corrected chi connectivity index (χ1v) is 8.66. The number of rotatable bonds is 6. The summed E-state index contributed by atoms with van der Waals surface area (Å²) in [6.45, 7) is 2.26. The highest BCUT2D eigenvalue weighted by atomic mass is 16.6. The van der Waals surface area contributed by atoms with Crippen molar-refractivity contribution in [1.82, 2.24) is 5.32 Å². The van der Waals surface area contributed by atoms with Crippen molar-refractivity contribution >= 4 is 6.29 Å². The number of hydrogen-bond acceptors (Lipinski definition) is 5. The van der Waals surface area contributed by atoms with Gasteiger partial charge in [0.15, 0.2) is 0 Å². The van der Waals surface area contributed by atoms with Crippen molar-refractivity contribution in [2.24, 2.45) is 0 Å². The van der Waals surface area contributed by atoms with Crippen molar-refractivity contribution in [2.75, 3.05) is 6.54 Å². The minimum atomic E-state index is -0.865. The zero-order valence-corrected chi connectivity index (χ0v) is 14.6. The Labute approximate surface area is 152 Å². The van der Waals surface area contributed by atoms with E-state index in [1.807, 2.05) is 61.5 Å². The zero-order valence-electron chi connectivity index (χ0n) is 14.6. The van der Waals surface area contributed by atoms with Crippen LogP contribution in [0.1, 0.15) is 22.8 Å². The van der Waals surface area contributed by atoms with E-state index >= 15 is 0 Å². The molecule has 0 bridgehead atoms. The molecule has 2 aromatic carbocycles. The fraction of sp³-hybridized carbons (Fsp3) is 0.350. The van der Waals surface area contributed by atoms with Gasteiger partial charge in [0, 0.05) is 17.9 Å². The van der Waals surface area contributed by atoms with Crippen LogP contribution in [0.4, 0.5) is 0 Å². The number of aldehydes is 1. The second-order valence-corrected chi connectivity index (χ2v) is 6.62. The quantitative estimate of drug-likeness (QED) is 0.490. The molecule has 6 nitrogen and oxygen atoms in total. The van der Waals surface area contributed by atoms with Gasteiger partial charge in [0.2, 0.25) is 6.04 Å². The molecule has 0 spiro atoms. The van der Waals surface area contributed by atoms with Crippen molar-refractivity contribution in [3.8, 4) is 0 Å². The Kier molecular flexibility index (Phi) is 5.75. The molecule has 0 aliphatic carbocycles. The lowest BCUT2D eigenvalue weighted by Gasteiger charge is -2.37. The molecule has 1 N–H and O–H groups in total. The maximum absolute atomic E-state index is 11.8. The van der Waals surface area contributed by atoms with Gasteiger partial charge in [-0.05, 0) is 18.1 Å². The largest absolute Gasteiger partial charge is 0.360 e.